The highest BCUT2D eigenvalue weighted by molar-refractivity contribution is 7.89. The predicted molar refractivity (Wildman–Crippen MR) is 64.2 cm³/mol. The van der Waals surface area contributed by atoms with Gasteiger partial charge in [-0.15, -0.1) is 0 Å². The van der Waals surface area contributed by atoms with Crippen molar-refractivity contribution in [2.75, 3.05) is 13.1 Å². The number of hydrogen-bond acceptors (Lipinski definition) is 4. The monoisotopic (exact) mass is 258 g/mol. The normalized spacial score (nSPS) is 21.6. The topological polar surface area (TPSA) is 86.9 Å². The summed E-state index contributed by atoms with van der Waals surface area (Å²) in [5, 5.41) is 9.65. The summed E-state index contributed by atoms with van der Waals surface area (Å²) in [5.41, 5.74) is 0.564. The Kier molecular flexibility index (Phi) is 3.80. The van der Waals surface area contributed by atoms with Gasteiger partial charge in [-0.1, -0.05) is 6.42 Å². The van der Waals surface area contributed by atoms with Crippen molar-refractivity contribution in [3.8, 4) is 0 Å². The Hall–Kier alpha value is -0.920. The lowest BCUT2D eigenvalue weighted by Gasteiger charge is -2.23. The molecule has 0 radical (unpaired) electrons. The van der Waals surface area contributed by atoms with E-state index in [0.717, 1.165) is 19.4 Å². The molecular weight excluding hydrogens is 240 g/mol. The largest absolute Gasteiger partial charge is 0.313 e. The molecule has 1 fully saturated rings. The van der Waals surface area contributed by atoms with Crippen LogP contribution in [-0.2, 0) is 10.0 Å². The van der Waals surface area contributed by atoms with Gasteiger partial charge < -0.3 is 5.32 Å². The van der Waals surface area contributed by atoms with Crippen LogP contribution in [0, 0.1) is 6.92 Å². The van der Waals surface area contributed by atoms with Crippen LogP contribution in [0.1, 0.15) is 25.0 Å². The Morgan fingerprint density at radius 1 is 1.53 bits per heavy atom. The summed E-state index contributed by atoms with van der Waals surface area (Å²) in [6.45, 7) is 3.10. The average Bonchev–Trinajstić information content (AvgIpc) is 2.75. The van der Waals surface area contributed by atoms with Gasteiger partial charge in [-0.2, -0.15) is 5.10 Å². The van der Waals surface area contributed by atoms with Crippen molar-refractivity contribution in [2.45, 2.75) is 37.1 Å². The number of hydrogen-bond donors (Lipinski definition) is 3. The second-order valence-corrected chi connectivity index (χ2v) is 6.09. The molecule has 96 valence electrons. The van der Waals surface area contributed by atoms with E-state index in [1.165, 1.54) is 12.6 Å². The van der Waals surface area contributed by atoms with E-state index in [1.807, 2.05) is 0 Å². The number of nitrogens with zero attached hydrogens (tertiary/aromatic N) is 1. The lowest BCUT2D eigenvalue weighted by Crippen LogP contribution is -2.43. The van der Waals surface area contributed by atoms with E-state index in [9.17, 15) is 8.42 Å². The van der Waals surface area contributed by atoms with E-state index in [1.54, 1.807) is 6.92 Å². The molecule has 7 heteroatoms. The maximum absolute atomic E-state index is 12.0. The Morgan fingerprint density at radius 2 is 2.35 bits per heavy atom. The van der Waals surface area contributed by atoms with Gasteiger partial charge in [-0.25, -0.2) is 13.1 Å². The van der Waals surface area contributed by atoms with Gasteiger partial charge in [0.1, 0.15) is 4.90 Å². The minimum absolute atomic E-state index is 0.230. The maximum Gasteiger partial charge on any atom is 0.244 e. The Bertz CT molecular complexity index is 462. The standard InChI is InChI=1S/C10H18N4O2S/c1-8-10(7-12-14-8)17(15,16)13-6-9-4-2-3-5-11-9/h7,9,11,13H,2-6H2,1H3,(H,12,14). The van der Waals surface area contributed by atoms with Crippen molar-refractivity contribution in [3.63, 3.8) is 0 Å². The zero-order valence-electron chi connectivity index (χ0n) is 9.86. The van der Waals surface area contributed by atoms with Crippen molar-refractivity contribution >= 4 is 10.0 Å². The predicted octanol–water partition coefficient (Wildman–Crippen LogP) is 0.139. The summed E-state index contributed by atoms with van der Waals surface area (Å²) >= 11 is 0. The first kappa shape index (κ1) is 12.5. The molecule has 1 unspecified atom stereocenters. The van der Waals surface area contributed by atoms with E-state index in [-0.39, 0.29) is 10.9 Å². The van der Waals surface area contributed by atoms with E-state index in [0.29, 0.717) is 12.2 Å². The molecule has 1 aliphatic rings. The van der Waals surface area contributed by atoms with Crippen molar-refractivity contribution in [1.29, 1.82) is 0 Å². The minimum atomic E-state index is -3.43. The highest BCUT2D eigenvalue weighted by Gasteiger charge is 2.20. The first-order chi connectivity index (χ1) is 8.09. The molecule has 1 atom stereocenters. The number of sulfonamides is 1. The van der Waals surface area contributed by atoms with Gasteiger partial charge in [0.25, 0.3) is 0 Å². The molecule has 0 saturated carbocycles. The van der Waals surface area contributed by atoms with Gasteiger partial charge in [-0.05, 0) is 26.3 Å². The summed E-state index contributed by atoms with van der Waals surface area (Å²) in [4.78, 5) is 0.230. The fraction of sp³-hybridized carbons (Fsp3) is 0.700. The molecule has 6 nitrogen and oxygen atoms in total. The van der Waals surface area contributed by atoms with Crippen molar-refractivity contribution in [2.24, 2.45) is 0 Å². The molecule has 3 N–H and O–H groups in total. The lowest BCUT2D eigenvalue weighted by molar-refractivity contribution is 0.398. The van der Waals surface area contributed by atoms with Gasteiger partial charge in [0.15, 0.2) is 0 Å². The molecule has 0 spiro atoms. The van der Waals surface area contributed by atoms with Gasteiger partial charge >= 0.3 is 0 Å². The van der Waals surface area contributed by atoms with Crippen LogP contribution in [-0.4, -0.2) is 37.7 Å². The van der Waals surface area contributed by atoms with Gasteiger partial charge in [0, 0.05) is 12.6 Å². The number of rotatable bonds is 4. The molecule has 1 aromatic rings. The summed E-state index contributed by atoms with van der Waals surface area (Å²) in [7, 11) is -3.43. The number of nitrogens with one attached hydrogen (secondary N) is 3. The quantitative estimate of drug-likeness (QED) is 0.717. The van der Waals surface area contributed by atoms with Crippen LogP contribution in [0.2, 0.25) is 0 Å². The highest BCUT2D eigenvalue weighted by atomic mass is 32.2. The number of piperidine rings is 1. The molecule has 1 saturated heterocycles. The first-order valence-corrected chi connectivity index (χ1v) is 7.31. The van der Waals surface area contributed by atoms with Crippen LogP contribution in [0.25, 0.3) is 0 Å². The second-order valence-electron chi connectivity index (χ2n) is 4.36. The Morgan fingerprint density at radius 3 is 2.94 bits per heavy atom. The zero-order valence-corrected chi connectivity index (χ0v) is 10.7. The van der Waals surface area contributed by atoms with Crippen LogP contribution in [0.3, 0.4) is 0 Å². The summed E-state index contributed by atoms with van der Waals surface area (Å²) in [5.74, 6) is 0. The van der Waals surface area contributed by atoms with Crippen LogP contribution < -0.4 is 10.0 Å². The van der Waals surface area contributed by atoms with Crippen molar-refractivity contribution < 1.29 is 8.42 Å². The van der Waals surface area contributed by atoms with Crippen LogP contribution in [0.5, 0.6) is 0 Å². The fourth-order valence-electron chi connectivity index (χ4n) is 2.00. The molecule has 2 rings (SSSR count). The third kappa shape index (κ3) is 3.05. The molecule has 0 bridgehead atoms. The zero-order chi connectivity index (χ0) is 12.3. The van der Waals surface area contributed by atoms with Gasteiger partial charge in [0.05, 0.1) is 11.9 Å². The molecule has 0 aliphatic carbocycles. The van der Waals surface area contributed by atoms with Crippen LogP contribution >= 0.6 is 0 Å². The Labute approximate surface area is 101 Å². The number of aryl methyl sites for hydroxylation is 1. The maximum atomic E-state index is 12.0. The highest BCUT2D eigenvalue weighted by Crippen LogP contribution is 2.11. The fourth-order valence-corrected chi connectivity index (χ4v) is 3.21. The van der Waals surface area contributed by atoms with E-state index >= 15 is 0 Å². The second kappa shape index (κ2) is 5.16. The molecule has 1 aromatic heterocycles. The summed E-state index contributed by atoms with van der Waals surface area (Å²) in [6.07, 6.45) is 4.69. The third-order valence-electron chi connectivity index (χ3n) is 3.01. The average molecular weight is 258 g/mol. The van der Waals surface area contributed by atoms with Gasteiger partial charge in [0.2, 0.25) is 10.0 Å². The third-order valence-corrected chi connectivity index (χ3v) is 4.54. The smallest absolute Gasteiger partial charge is 0.244 e. The van der Waals surface area contributed by atoms with Gasteiger partial charge in [-0.3, -0.25) is 5.10 Å². The minimum Gasteiger partial charge on any atom is -0.313 e. The Balaban J connectivity index is 1.96. The van der Waals surface area contributed by atoms with E-state index < -0.39 is 10.0 Å². The summed E-state index contributed by atoms with van der Waals surface area (Å²) in [6, 6.07) is 0.241. The number of aromatic amines is 1. The molecular formula is C10H18N4O2S. The lowest BCUT2D eigenvalue weighted by atomic mass is 10.1. The van der Waals surface area contributed by atoms with Crippen LogP contribution in [0.15, 0.2) is 11.1 Å². The molecule has 2 heterocycles. The SMILES string of the molecule is Cc1[nH]ncc1S(=O)(=O)NCC1CCCCN1. The molecule has 0 amide bonds. The summed E-state index contributed by atoms with van der Waals surface area (Å²) < 4.78 is 26.5. The van der Waals surface area contributed by atoms with Crippen LogP contribution in [0.4, 0.5) is 0 Å². The number of aromatic nitrogens is 2. The first-order valence-electron chi connectivity index (χ1n) is 5.82. The van der Waals surface area contributed by atoms with Crippen molar-refractivity contribution in [3.05, 3.63) is 11.9 Å². The molecule has 17 heavy (non-hydrogen) atoms. The number of H-pyrrole nitrogens is 1. The molecule has 1 aliphatic heterocycles. The van der Waals surface area contributed by atoms with E-state index in [2.05, 4.69) is 20.2 Å². The van der Waals surface area contributed by atoms with Crippen molar-refractivity contribution in [1.82, 2.24) is 20.2 Å². The molecule has 0 aromatic carbocycles. The van der Waals surface area contributed by atoms with E-state index in [4.69, 9.17) is 0 Å².